The Hall–Kier alpha value is -1.74. The Kier molecular flexibility index (Phi) is 9.68. The molecule has 0 saturated heterocycles. The average molecular weight is 486 g/mol. The van der Waals surface area contributed by atoms with Gasteiger partial charge in [0.05, 0.1) is 4.70 Å². The van der Waals surface area contributed by atoms with Crippen LogP contribution in [0.4, 0.5) is 13.9 Å². The average Bonchev–Trinajstić information content (AvgIpc) is 3.15. The zero-order valence-corrected chi connectivity index (χ0v) is 20.2. The Morgan fingerprint density at radius 3 is 2.52 bits per heavy atom. The second kappa shape index (κ2) is 11.8. The number of benzene rings is 2. The van der Waals surface area contributed by atoms with Crippen LogP contribution in [0.3, 0.4) is 0 Å². The SMILES string of the molecule is CCSc1cccc(C(=O)N(CCN(CC)CC)c2nc3c(F)cc(F)cc3s2)c1.Cl. The van der Waals surface area contributed by atoms with Gasteiger partial charge in [0.1, 0.15) is 11.3 Å². The number of rotatable bonds is 9. The molecule has 0 spiro atoms. The maximum absolute atomic E-state index is 14.2. The number of thiazole rings is 1. The number of hydrogen-bond acceptors (Lipinski definition) is 5. The molecule has 0 radical (unpaired) electrons. The van der Waals surface area contributed by atoms with Crippen LogP contribution in [0.15, 0.2) is 41.3 Å². The number of aromatic nitrogens is 1. The van der Waals surface area contributed by atoms with Gasteiger partial charge in [-0.25, -0.2) is 13.8 Å². The van der Waals surface area contributed by atoms with Gasteiger partial charge in [0.15, 0.2) is 10.9 Å². The molecule has 2 aromatic carbocycles. The van der Waals surface area contributed by atoms with Crippen molar-refractivity contribution in [2.45, 2.75) is 25.7 Å². The second-order valence-electron chi connectivity index (χ2n) is 6.68. The number of carbonyl (C=O) groups is 1. The summed E-state index contributed by atoms with van der Waals surface area (Å²) in [6, 6.07) is 9.56. The first-order valence-corrected chi connectivity index (χ1v) is 11.8. The Labute approximate surface area is 196 Å². The first-order chi connectivity index (χ1) is 14.5. The van der Waals surface area contributed by atoms with Crippen molar-refractivity contribution in [1.29, 1.82) is 0 Å². The highest BCUT2D eigenvalue weighted by molar-refractivity contribution is 7.99. The fourth-order valence-electron chi connectivity index (χ4n) is 3.17. The van der Waals surface area contributed by atoms with Gasteiger partial charge in [-0.3, -0.25) is 9.69 Å². The number of hydrogen-bond donors (Lipinski definition) is 0. The van der Waals surface area contributed by atoms with Crippen LogP contribution in [0.2, 0.25) is 0 Å². The van der Waals surface area contributed by atoms with E-state index in [0.29, 0.717) is 28.5 Å². The quantitative estimate of drug-likeness (QED) is 0.343. The molecular weight excluding hydrogens is 460 g/mol. The van der Waals surface area contributed by atoms with E-state index >= 15 is 0 Å². The third-order valence-electron chi connectivity index (χ3n) is 4.80. The first kappa shape index (κ1) is 25.5. The van der Waals surface area contributed by atoms with E-state index < -0.39 is 11.6 Å². The van der Waals surface area contributed by atoms with E-state index in [9.17, 15) is 13.6 Å². The molecule has 0 aliphatic heterocycles. The van der Waals surface area contributed by atoms with Crippen LogP contribution in [0.5, 0.6) is 0 Å². The van der Waals surface area contributed by atoms with Gasteiger partial charge in [-0.2, -0.15) is 0 Å². The van der Waals surface area contributed by atoms with Crippen molar-refractivity contribution in [2.75, 3.05) is 36.8 Å². The Bertz CT molecular complexity index is 1030. The molecular formula is C22H26ClF2N3OS2. The van der Waals surface area contributed by atoms with E-state index in [0.717, 1.165) is 41.1 Å². The smallest absolute Gasteiger partial charge is 0.260 e. The number of nitrogens with zero attached hydrogens (tertiary/aromatic N) is 3. The molecule has 1 amide bonds. The van der Waals surface area contributed by atoms with Crippen molar-refractivity contribution in [2.24, 2.45) is 0 Å². The molecule has 3 aromatic rings. The molecule has 0 saturated carbocycles. The van der Waals surface area contributed by atoms with Crippen molar-refractivity contribution in [3.63, 3.8) is 0 Å². The number of thioether (sulfide) groups is 1. The van der Waals surface area contributed by atoms with Crippen LogP contribution in [0.1, 0.15) is 31.1 Å². The van der Waals surface area contributed by atoms with Gasteiger partial charge in [0.2, 0.25) is 0 Å². The first-order valence-electron chi connectivity index (χ1n) is 9.99. The van der Waals surface area contributed by atoms with Crippen LogP contribution in [-0.4, -0.2) is 47.7 Å². The highest BCUT2D eigenvalue weighted by Crippen LogP contribution is 2.32. The van der Waals surface area contributed by atoms with Gasteiger partial charge < -0.3 is 4.90 Å². The molecule has 0 aliphatic rings. The number of anilines is 1. The molecule has 0 N–H and O–H groups in total. The van der Waals surface area contributed by atoms with E-state index in [-0.39, 0.29) is 23.8 Å². The highest BCUT2D eigenvalue weighted by Gasteiger charge is 2.23. The second-order valence-corrected chi connectivity index (χ2v) is 9.02. The van der Waals surface area contributed by atoms with Gasteiger partial charge in [-0.05, 0) is 43.1 Å². The van der Waals surface area contributed by atoms with Crippen molar-refractivity contribution in [3.05, 3.63) is 53.6 Å². The van der Waals surface area contributed by atoms with Crippen LogP contribution >= 0.6 is 35.5 Å². The molecule has 3 rings (SSSR count). The zero-order valence-electron chi connectivity index (χ0n) is 17.7. The van der Waals surface area contributed by atoms with Gasteiger partial charge in [0.25, 0.3) is 5.91 Å². The largest absolute Gasteiger partial charge is 0.302 e. The van der Waals surface area contributed by atoms with Gasteiger partial charge >= 0.3 is 0 Å². The van der Waals surface area contributed by atoms with Crippen LogP contribution in [0.25, 0.3) is 10.2 Å². The summed E-state index contributed by atoms with van der Waals surface area (Å²) in [5.74, 6) is -0.655. The minimum atomic E-state index is -0.718. The molecule has 0 aliphatic carbocycles. The van der Waals surface area contributed by atoms with Crippen LogP contribution < -0.4 is 4.90 Å². The highest BCUT2D eigenvalue weighted by atomic mass is 35.5. The summed E-state index contributed by atoms with van der Waals surface area (Å²) in [5.41, 5.74) is 0.645. The Morgan fingerprint density at radius 1 is 1.10 bits per heavy atom. The van der Waals surface area contributed by atoms with Crippen LogP contribution in [0, 0.1) is 11.6 Å². The maximum Gasteiger partial charge on any atom is 0.260 e. The molecule has 31 heavy (non-hydrogen) atoms. The molecule has 1 heterocycles. The van der Waals surface area contributed by atoms with Crippen molar-refractivity contribution < 1.29 is 13.6 Å². The Balaban J connectivity index is 0.00000341. The Morgan fingerprint density at radius 2 is 1.84 bits per heavy atom. The summed E-state index contributed by atoms with van der Waals surface area (Å²) in [5, 5.41) is 0.375. The molecule has 0 unspecified atom stereocenters. The molecule has 0 atom stereocenters. The lowest BCUT2D eigenvalue weighted by Crippen LogP contribution is -2.38. The maximum atomic E-state index is 14.2. The minimum Gasteiger partial charge on any atom is -0.302 e. The molecule has 4 nitrogen and oxygen atoms in total. The third kappa shape index (κ3) is 6.16. The van der Waals surface area contributed by atoms with E-state index in [4.69, 9.17) is 0 Å². The topological polar surface area (TPSA) is 36.4 Å². The molecule has 1 aromatic heterocycles. The van der Waals surface area contributed by atoms with Gasteiger partial charge in [0, 0.05) is 29.6 Å². The molecule has 0 fully saturated rings. The summed E-state index contributed by atoms with van der Waals surface area (Å²) in [7, 11) is 0. The van der Waals surface area contributed by atoms with Gasteiger partial charge in [-0.1, -0.05) is 38.2 Å². The predicted molar refractivity (Wildman–Crippen MR) is 129 cm³/mol. The van der Waals surface area contributed by atoms with Gasteiger partial charge in [-0.15, -0.1) is 24.2 Å². The summed E-state index contributed by atoms with van der Waals surface area (Å²) in [6.45, 7) is 8.99. The number of amides is 1. The zero-order chi connectivity index (χ0) is 21.7. The van der Waals surface area contributed by atoms with Crippen molar-refractivity contribution in [1.82, 2.24) is 9.88 Å². The summed E-state index contributed by atoms with van der Waals surface area (Å²) < 4.78 is 28.2. The number of likely N-dealkylation sites (N-methyl/N-ethyl adjacent to an activating group) is 1. The van der Waals surface area contributed by atoms with Crippen LogP contribution in [-0.2, 0) is 0 Å². The third-order valence-corrected chi connectivity index (χ3v) is 6.71. The lowest BCUT2D eigenvalue weighted by atomic mass is 10.2. The van der Waals surface area contributed by atoms with E-state index in [1.54, 1.807) is 22.7 Å². The lowest BCUT2D eigenvalue weighted by molar-refractivity contribution is 0.0983. The fourth-order valence-corrected chi connectivity index (χ4v) is 4.92. The minimum absolute atomic E-state index is 0. The summed E-state index contributed by atoms with van der Waals surface area (Å²) in [4.78, 5) is 22.6. The van der Waals surface area contributed by atoms with E-state index in [1.807, 2.05) is 18.2 Å². The fraction of sp³-hybridized carbons (Fsp3) is 0.364. The standard InChI is InChI=1S/C22H25F2N3OS2.ClH/c1-4-26(5-2)10-11-27(21(28)15-8-7-9-17(12-15)29-6-3)22-25-20-18(24)13-16(23)14-19(20)30-22;/h7-9,12-14H,4-6,10-11H2,1-3H3;1H. The molecule has 9 heteroatoms. The lowest BCUT2D eigenvalue weighted by Gasteiger charge is -2.25. The molecule has 168 valence electrons. The number of fused-ring (bicyclic) bond motifs is 1. The van der Waals surface area contributed by atoms with E-state index in [2.05, 4.69) is 30.7 Å². The summed E-state index contributed by atoms with van der Waals surface area (Å²) in [6.07, 6.45) is 0. The predicted octanol–water partition coefficient (Wildman–Crippen LogP) is 6.10. The molecule has 0 bridgehead atoms. The van der Waals surface area contributed by atoms with Crippen molar-refractivity contribution in [3.8, 4) is 0 Å². The monoisotopic (exact) mass is 485 g/mol. The van der Waals surface area contributed by atoms with Crippen molar-refractivity contribution >= 4 is 56.8 Å². The number of carbonyl (C=O) groups excluding carboxylic acids is 1. The number of halogens is 3. The summed E-state index contributed by atoms with van der Waals surface area (Å²) >= 11 is 2.79. The normalized spacial score (nSPS) is 11.0. The van der Waals surface area contributed by atoms with E-state index in [1.165, 1.54) is 6.07 Å².